The Morgan fingerprint density at radius 2 is 2.15 bits per heavy atom. The van der Waals surface area contributed by atoms with Crippen LogP contribution in [0.1, 0.15) is 25.3 Å². The van der Waals surface area contributed by atoms with E-state index in [1.807, 2.05) is 12.1 Å². The van der Waals surface area contributed by atoms with Crippen LogP contribution in [-0.2, 0) is 16.1 Å². The number of pyridine rings is 1. The number of carbonyl (C=O) groups is 2. The van der Waals surface area contributed by atoms with Crippen molar-refractivity contribution in [2.45, 2.75) is 26.3 Å². The minimum atomic E-state index is -0.261. The molecule has 1 aromatic heterocycles. The standard InChI is InChI=1S/C20H23N3O4/c1-2-3-11-26-20-15(7-6-10-21-20)12-22-18(24)13-23-16-8-4-5-9-17(16)27-14-19(23)25/h4-10H,2-3,11-14H2,1H3,(H,22,24). The Bertz CT molecular complexity index is 809. The van der Waals surface area contributed by atoms with E-state index in [0.717, 1.165) is 18.4 Å². The largest absolute Gasteiger partial charge is 0.482 e. The van der Waals surface area contributed by atoms with E-state index in [0.29, 0.717) is 23.9 Å². The van der Waals surface area contributed by atoms with Gasteiger partial charge in [-0.3, -0.25) is 14.5 Å². The van der Waals surface area contributed by atoms with Crippen LogP contribution >= 0.6 is 0 Å². The Balaban J connectivity index is 1.60. The molecule has 0 bridgehead atoms. The fourth-order valence-electron chi connectivity index (χ4n) is 2.72. The van der Waals surface area contributed by atoms with Crippen molar-refractivity contribution in [2.75, 3.05) is 24.7 Å². The first-order chi connectivity index (χ1) is 13.2. The van der Waals surface area contributed by atoms with Crippen LogP contribution in [-0.4, -0.2) is 36.6 Å². The lowest BCUT2D eigenvalue weighted by Gasteiger charge is -2.28. The van der Waals surface area contributed by atoms with E-state index in [4.69, 9.17) is 9.47 Å². The SMILES string of the molecule is CCCCOc1ncccc1CNC(=O)CN1C(=O)COc2ccccc21. The van der Waals surface area contributed by atoms with Crippen molar-refractivity contribution in [3.05, 3.63) is 48.2 Å². The van der Waals surface area contributed by atoms with Gasteiger partial charge in [-0.05, 0) is 24.6 Å². The number of ether oxygens (including phenoxy) is 2. The molecule has 7 heteroatoms. The number of hydrogen-bond donors (Lipinski definition) is 1. The molecule has 142 valence electrons. The molecular formula is C20H23N3O4. The van der Waals surface area contributed by atoms with Crippen molar-refractivity contribution in [3.63, 3.8) is 0 Å². The number of carbonyl (C=O) groups excluding carboxylic acids is 2. The van der Waals surface area contributed by atoms with Crippen LogP contribution in [0.3, 0.4) is 0 Å². The molecule has 0 fully saturated rings. The Morgan fingerprint density at radius 1 is 1.30 bits per heavy atom. The summed E-state index contributed by atoms with van der Waals surface area (Å²) in [5, 5.41) is 2.83. The number of hydrogen-bond acceptors (Lipinski definition) is 5. The third-order valence-corrected chi connectivity index (χ3v) is 4.17. The van der Waals surface area contributed by atoms with Crippen LogP contribution in [0.5, 0.6) is 11.6 Å². The van der Waals surface area contributed by atoms with Crippen LogP contribution in [0.25, 0.3) is 0 Å². The summed E-state index contributed by atoms with van der Waals surface area (Å²) in [4.78, 5) is 30.2. The van der Waals surface area contributed by atoms with E-state index in [-0.39, 0.29) is 31.5 Å². The van der Waals surface area contributed by atoms with Gasteiger partial charge in [0, 0.05) is 18.3 Å². The first-order valence-electron chi connectivity index (χ1n) is 9.04. The molecule has 0 atom stereocenters. The highest BCUT2D eigenvalue weighted by Gasteiger charge is 2.26. The van der Waals surface area contributed by atoms with Crippen LogP contribution in [0, 0.1) is 0 Å². The molecule has 0 aliphatic carbocycles. The summed E-state index contributed by atoms with van der Waals surface area (Å²) in [6.07, 6.45) is 3.64. The van der Waals surface area contributed by atoms with E-state index < -0.39 is 0 Å². The number of para-hydroxylation sites is 2. The molecule has 1 N–H and O–H groups in total. The Kier molecular flexibility index (Phi) is 6.25. The average molecular weight is 369 g/mol. The lowest BCUT2D eigenvalue weighted by molar-refractivity contribution is -0.125. The molecule has 0 spiro atoms. The molecule has 2 aromatic rings. The van der Waals surface area contributed by atoms with Crippen LogP contribution < -0.4 is 19.7 Å². The molecule has 7 nitrogen and oxygen atoms in total. The summed E-state index contributed by atoms with van der Waals surface area (Å²) in [6, 6.07) is 10.8. The van der Waals surface area contributed by atoms with Crippen LogP contribution in [0.4, 0.5) is 5.69 Å². The van der Waals surface area contributed by atoms with E-state index >= 15 is 0 Å². The lowest BCUT2D eigenvalue weighted by Crippen LogP contribution is -2.45. The summed E-state index contributed by atoms with van der Waals surface area (Å²) < 4.78 is 11.1. The van der Waals surface area contributed by atoms with Gasteiger partial charge in [-0.2, -0.15) is 0 Å². The maximum absolute atomic E-state index is 12.4. The first-order valence-corrected chi connectivity index (χ1v) is 9.04. The summed E-state index contributed by atoms with van der Waals surface area (Å²) in [5.74, 6) is 0.625. The number of amides is 2. The molecule has 2 amide bonds. The molecule has 1 aliphatic heterocycles. The van der Waals surface area contributed by atoms with E-state index in [1.165, 1.54) is 4.90 Å². The van der Waals surface area contributed by atoms with Crippen molar-refractivity contribution in [2.24, 2.45) is 0 Å². The zero-order valence-corrected chi connectivity index (χ0v) is 15.3. The highest BCUT2D eigenvalue weighted by Crippen LogP contribution is 2.31. The fraction of sp³-hybridized carbons (Fsp3) is 0.350. The van der Waals surface area contributed by atoms with E-state index in [1.54, 1.807) is 30.5 Å². The number of anilines is 1. The highest BCUT2D eigenvalue weighted by atomic mass is 16.5. The van der Waals surface area contributed by atoms with Gasteiger partial charge in [0.1, 0.15) is 12.3 Å². The molecule has 0 saturated heterocycles. The van der Waals surface area contributed by atoms with Crippen molar-refractivity contribution < 1.29 is 19.1 Å². The summed E-state index contributed by atoms with van der Waals surface area (Å²) >= 11 is 0. The zero-order chi connectivity index (χ0) is 19.1. The predicted octanol–water partition coefficient (Wildman–Crippen LogP) is 2.30. The molecule has 0 radical (unpaired) electrons. The van der Waals surface area contributed by atoms with Crippen molar-refractivity contribution in [1.29, 1.82) is 0 Å². The molecule has 3 rings (SSSR count). The monoisotopic (exact) mass is 369 g/mol. The first kappa shape index (κ1) is 18.7. The lowest BCUT2D eigenvalue weighted by atomic mass is 10.2. The van der Waals surface area contributed by atoms with Crippen molar-refractivity contribution >= 4 is 17.5 Å². The van der Waals surface area contributed by atoms with E-state index in [2.05, 4.69) is 17.2 Å². The molecule has 0 saturated carbocycles. The number of aromatic nitrogens is 1. The smallest absolute Gasteiger partial charge is 0.265 e. The van der Waals surface area contributed by atoms with Gasteiger partial charge in [0.05, 0.1) is 12.3 Å². The molecule has 1 aliphatic rings. The normalized spacial score (nSPS) is 12.9. The van der Waals surface area contributed by atoms with Gasteiger partial charge in [0.25, 0.3) is 5.91 Å². The average Bonchev–Trinajstić information content (AvgIpc) is 2.69. The van der Waals surface area contributed by atoms with Gasteiger partial charge in [-0.25, -0.2) is 4.98 Å². The number of fused-ring (bicyclic) bond motifs is 1. The molecule has 2 heterocycles. The summed E-state index contributed by atoms with van der Waals surface area (Å²) in [5.41, 5.74) is 1.41. The second-order valence-electron chi connectivity index (χ2n) is 6.18. The Morgan fingerprint density at radius 3 is 3.00 bits per heavy atom. The quantitative estimate of drug-likeness (QED) is 0.722. The minimum Gasteiger partial charge on any atom is -0.482 e. The van der Waals surface area contributed by atoms with Crippen molar-refractivity contribution in [3.8, 4) is 11.6 Å². The molecule has 0 unspecified atom stereocenters. The number of rotatable bonds is 8. The Labute approximate surface area is 158 Å². The predicted molar refractivity (Wildman–Crippen MR) is 101 cm³/mol. The highest BCUT2D eigenvalue weighted by molar-refractivity contribution is 6.02. The van der Waals surface area contributed by atoms with E-state index in [9.17, 15) is 9.59 Å². The molecule has 27 heavy (non-hydrogen) atoms. The number of benzene rings is 1. The maximum atomic E-state index is 12.4. The second kappa shape index (κ2) is 9.02. The van der Waals surface area contributed by atoms with Gasteiger partial charge in [0.15, 0.2) is 6.61 Å². The fourth-order valence-corrected chi connectivity index (χ4v) is 2.72. The van der Waals surface area contributed by atoms with Crippen molar-refractivity contribution in [1.82, 2.24) is 10.3 Å². The maximum Gasteiger partial charge on any atom is 0.265 e. The third-order valence-electron chi connectivity index (χ3n) is 4.17. The Hall–Kier alpha value is -3.09. The number of nitrogens with one attached hydrogen (secondary N) is 1. The number of nitrogens with zero attached hydrogens (tertiary/aromatic N) is 2. The van der Waals surface area contributed by atoms with Gasteiger partial charge in [-0.15, -0.1) is 0 Å². The van der Waals surface area contributed by atoms with Gasteiger partial charge >= 0.3 is 0 Å². The van der Waals surface area contributed by atoms with Gasteiger partial charge in [0.2, 0.25) is 11.8 Å². The van der Waals surface area contributed by atoms with Gasteiger partial charge < -0.3 is 14.8 Å². The third kappa shape index (κ3) is 4.75. The topological polar surface area (TPSA) is 80.8 Å². The second-order valence-corrected chi connectivity index (χ2v) is 6.18. The zero-order valence-electron chi connectivity index (χ0n) is 15.3. The van der Waals surface area contributed by atoms with Crippen LogP contribution in [0.15, 0.2) is 42.6 Å². The molecular weight excluding hydrogens is 346 g/mol. The van der Waals surface area contributed by atoms with Gasteiger partial charge in [-0.1, -0.05) is 31.5 Å². The van der Waals surface area contributed by atoms with Crippen LogP contribution in [0.2, 0.25) is 0 Å². The summed E-state index contributed by atoms with van der Waals surface area (Å²) in [6.45, 7) is 2.84. The molecule has 1 aromatic carbocycles. The summed E-state index contributed by atoms with van der Waals surface area (Å²) in [7, 11) is 0. The minimum absolute atomic E-state index is 0.0640. The number of unbranched alkanes of at least 4 members (excludes halogenated alkanes) is 1.